The Kier molecular flexibility index (Phi) is 2.60. The summed E-state index contributed by atoms with van der Waals surface area (Å²) in [5.74, 6) is 3.29. The molecule has 0 N–H and O–H groups in total. The molecule has 1 fully saturated rings. The van der Waals surface area contributed by atoms with Gasteiger partial charge in [-0.1, -0.05) is 39.4 Å². The predicted octanol–water partition coefficient (Wildman–Crippen LogP) is 3.66. The molecule has 0 aromatic heterocycles. The Balaban J connectivity index is 2.72. The molecular formula is C11H19ClSi. The van der Waals surface area contributed by atoms with E-state index in [-0.39, 0.29) is 10.3 Å². The summed E-state index contributed by atoms with van der Waals surface area (Å²) in [7, 11) is -1.25. The summed E-state index contributed by atoms with van der Waals surface area (Å²) in [4.78, 5) is -0.192. The van der Waals surface area contributed by atoms with Crippen LogP contribution in [0.4, 0.5) is 0 Å². The fraction of sp³-hybridized carbons (Fsp3) is 0.818. The zero-order chi connectivity index (χ0) is 10.3. The average Bonchev–Trinajstić information content (AvgIpc) is 2.52. The molecule has 0 nitrogen and oxygen atoms in total. The van der Waals surface area contributed by atoms with Gasteiger partial charge in [-0.25, -0.2) is 0 Å². The van der Waals surface area contributed by atoms with Gasteiger partial charge in [0.25, 0.3) is 0 Å². The standard InChI is InChI=1S/C11H19ClSi/c1-6-10(2)9-11(10,12)7-8-13(3,4)5/h6,9H2,1-5H3. The molecule has 13 heavy (non-hydrogen) atoms. The summed E-state index contributed by atoms with van der Waals surface area (Å²) < 4.78 is 0. The minimum atomic E-state index is -1.25. The van der Waals surface area contributed by atoms with E-state index in [1.54, 1.807) is 0 Å². The highest BCUT2D eigenvalue weighted by molar-refractivity contribution is 6.84. The maximum atomic E-state index is 6.41. The SMILES string of the molecule is CCC1(C)CC1(Cl)C#C[Si](C)(C)C. The molecular weight excluding hydrogens is 196 g/mol. The third kappa shape index (κ3) is 2.30. The molecule has 2 atom stereocenters. The van der Waals surface area contributed by atoms with E-state index < -0.39 is 8.07 Å². The molecule has 0 saturated heterocycles. The van der Waals surface area contributed by atoms with Gasteiger partial charge in [0.15, 0.2) is 0 Å². The quantitative estimate of drug-likeness (QED) is 0.355. The van der Waals surface area contributed by atoms with E-state index in [1.165, 1.54) is 0 Å². The predicted molar refractivity (Wildman–Crippen MR) is 62.7 cm³/mol. The molecule has 1 aliphatic rings. The molecule has 1 saturated carbocycles. The largest absolute Gasteiger partial charge is 0.130 e. The zero-order valence-electron chi connectivity index (χ0n) is 9.29. The second kappa shape index (κ2) is 3.04. The molecule has 1 rings (SSSR count). The number of alkyl halides is 1. The fourth-order valence-electron chi connectivity index (χ4n) is 1.38. The van der Waals surface area contributed by atoms with Gasteiger partial charge in [-0.2, -0.15) is 0 Å². The molecule has 2 unspecified atom stereocenters. The Hall–Kier alpha value is 0.0669. The van der Waals surface area contributed by atoms with Gasteiger partial charge in [0.05, 0.1) is 0 Å². The lowest BCUT2D eigenvalue weighted by Crippen LogP contribution is -2.18. The molecule has 0 radical (unpaired) electrons. The smallest absolute Gasteiger partial charge is 0.129 e. The van der Waals surface area contributed by atoms with E-state index in [4.69, 9.17) is 11.6 Å². The van der Waals surface area contributed by atoms with Gasteiger partial charge >= 0.3 is 0 Å². The van der Waals surface area contributed by atoms with Crippen molar-refractivity contribution in [3.8, 4) is 11.5 Å². The minimum Gasteiger partial charge on any atom is -0.130 e. The van der Waals surface area contributed by atoms with E-state index in [0.29, 0.717) is 0 Å². The zero-order valence-corrected chi connectivity index (χ0v) is 11.0. The average molecular weight is 215 g/mol. The van der Waals surface area contributed by atoms with Crippen molar-refractivity contribution in [2.24, 2.45) is 5.41 Å². The Morgan fingerprint density at radius 2 is 1.92 bits per heavy atom. The van der Waals surface area contributed by atoms with Crippen LogP contribution in [0.2, 0.25) is 19.6 Å². The molecule has 0 amide bonds. The highest BCUT2D eigenvalue weighted by Gasteiger charge is 2.61. The summed E-state index contributed by atoms with van der Waals surface area (Å²) in [6, 6.07) is 0. The van der Waals surface area contributed by atoms with Crippen molar-refractivity contribution < 1.29 is 0 Å². The maximum absolute atomic E-state index is 6.41. The summed E-state index contributed by atoms with van der Waals surface area (Å²) in [5.41, 5.74) is 3.65. The maximum Gasteiger partial charge on any atom is 0.129 e. The van der Waals surface area contributed by atoms with Crippen molar-refractivity contribution in [3.05, 3.63) is 0 Å². The van der Waals surface area contributed by atoms with E-state index >= 15 is 0 Å². The van der Waals surface area contributed by atoms with Crippen LogP contribution in [-0.4, -0.2) is 12.9 Å². The highest BCUT2D eigenvalue weighted by atomic mass is 35.5. The van der Waals surface area contributed by atoms with Crippen molar-refractivity contribution in [1.82, 2.24) is 0 Å². The molecule has 0 aromatic carbocycles. The van der Waals surface area contributed by atoms with E-state index in [2.05, 4.69) is 45.0 Å². The van der Waals surface area contributed by atoms with Gasteiger partial charge in [0.1, 0.15) is 12.9 Å². The third-order valence-corrected chi connectivity index (χ3v) is 4.44. The molecule has 0 heterocycles. The van der Waals surface area contributed by atoms with Gasteiger partial charge < -0.3 is 0 Å². The molecule has 74 valence electrons. The van der Waals surface area contributed by atoms with Crippen LogP contribution in [0.3, 0.4) is 0 Å². The Morgan fingerprint density at radius 3 is 2.23 bits per heavy atom. The second-order valence-electron chi connectivity index (χ2n) is 5.39. The first-order chi connectivity index (χ1) is 5.72. The summed E-state index contributed by atoms with van der Waals surface area (Å²) in [5, 5.41) is 0. The minimum absolute atomic E-state index is 0.192. The Labute approximate surface area is 88.1 Å². The van der Waals surface area contributed by atoms with Crippen molar-refractivity contribution in [2.45, 2.75) is 51.2 Å². The van der Waals surface area contributed by atoms with Crippen molar-refractivity contribution in [2.75, 3.05) is 0 Å². The summed E-state index contributed by atoms with van der Waals surface area (Å²) in [6.45, 7) is 11.2. The van der Waals surface area contributed by atoms with Crippen LogP contribution in [0.25, 0.3) is 0 Å². The van der Waals surface area contributed by atoms with Crippen LogP contribution in [0.5, 0.6) is 0 Å². The first kappa shape index (κ1) is 11.1. The topological polar surface area (TPSA) is 0 Å². The van der Waals surface area contributed by atoms with E-state index in [1.807, 2.05) is 0 Å². The highest BCUT2D eigenvalue weighted by Crippen LogP contribution is 2.62. The monoisotopic (exact) mass is 214 g/mol. The van der Waals surface area contributed by atoms with Crippen LogP contribution in [0, 0.1) is 16.9 Å². The number of hydrogen-bond acceptors (Lipinski definition) is 0. The summed E-state index contributed by atoms with van der Waals surface area (Å²) >= 11 is 6.41. The Bertz CT molecular complexity index is 268. The molecule has 0 spiro atoms. The third-order valence-electron chi connectivity index (χ3n) is 2.88. The van der Waals surface area contributed by atoms with Gasteiger partial charge in [0, 0.05) is 5.41 Å². The van der Waals surface area contributed by atoms with Crippen LogP contribution >= 0.6 is 11.6 Å². The lowest BCUT2D eigenvalue weighted by Gasteiger charge is -2.10. The van der Waals surface area contributed by atoms with Gasteiger partial charge in [-0.05, 0) is 12.8 Å². The molecule has 0 aromatic rings. The molecule has 0 bridgehead atoms. The van der Waals surface area contributed by atoms with Crippen molar-refractivity contribution in [1.29, 1.82) is 0 Å². The van der Waals surface area contributed by atoms with Crippen LogP contribution in [0.15, 0.2) is 0 Å². The molecule has 1 aliphatic carbocycles. The second-order valence-corrected chi connectivity index (χ2v) is 10.8. The lowest BCUT2D eigenvalue weighted by atomic mass is 10.0. The van der Waals surface area contributed by atoms with Crippen molar-refractivity contribution in [3.63, 3.8) is 0 Å². The van der Waals surface area contributed by atoms with Gasteiger partial charge in [0.2, 0.25) is 0 Å². The van der Waals surface area contributed by atoms with Gasteiger partial charge in [-0.3, -0.25) is 0 Å². The lowest BCUT2D eigenvalue weighted by molar-refractivity contribution is 0.533. The normalized spacial score (nSPS) is 38.0. The number of rotatable bonds is 1. The van der Waals surface area contributed by atoms with Crippen molar-refractivity contribution >= 4 is 19.7 Å². The molecule has 0 aliphatic heterocycles. The molecule has 2 heteroatoms. The Morgan fingerprint density at radius 1 is 1.38 bits per heavy atom. The van der Waals surface area contributed by atoms with E-state index in [0.717, 1.165) is 12.8 Å². The van der Waals surface area contributed by atoms with E-state index in [9.17, 15) is 0 Å². The summed E-state index contributed by atoms with van der Waals surface area (Å²) in [6.07, 6.45) is 2.20. The first-order valence-electron chi connectivity index (χ1n) is 4.96. The van der Waals surface area contributed by atoms with Gasteiger partial charge in [-0.15, -0.1) is 17.1 Å². The van der Waals surface area contributed by atoms with Crippen LogP contribution in [-0.2, 0) is 0 Å². The first-order valence-corrected chi connectivity index (χ1v) is 8.83. The fourth-order valence-corrected chi connectivity index (χ4v) is 2.52. The number of halogens is 1. The van der Waals surface area contributed by atoms with Crippen LogP contribution < -0.4 is 0 Å². The number of hydrogen-bond donors (Lipinski definition) is 0. The van der Waals surface area contributed by atoms with Crippen LogP contribution in [0.1, 0.15) is 26.7 Å².